The summed E-state index contributed by atoms with van der Waals surface area (Å²) in [6.07, 6.45) is 1.12. The Balaban J connectivity index is 2.81. The molecule has 2 unspecified atom stereocenters. The largest absolute Gasteiger partial charge is 0.497 e. The molecule has 0 saturated heterocycles. The molecule has 0 fully saturated rings. The Bertz CT molecular complexity index is 396. The topological polar surface area (TPSA) is 9.23 Å². The van der Waals surface area contributed by atoms with E-state index in [1.807, 2.05) is 12.1 Å². The predicted molar refractivity (Wildman–Crippen MR) is 85.6 cm³/mol. The van der Waals surface area contributed by atoms with Crippen molar-refractivity contribution < 1.29 is 4.74 Å². The highest BCUT2D eigenvalue weighted by Crippen LogP contribution is 2.40. The third kappa shape index (κ3) is 4.27. The van der Waals surface area contributed by atoms with Crippen LogP contribution in [0.3, 0.4) is 0 Å². The van der Waals surface area contributed by atoms with Gasteiger partial charge in [0.2, 0.25) is 0 Å². The molecule has 18 heavy (non-hydrogen) atoms. The molecule has 2 atom stereocenters. The van der Waals surface area contributed by atoms with Crippen molar-refractivity contribution in [3.8, 4) is 5.75 Å². The molecule has 0 aliphatic carbocycles. The summed E-state index contributed by atoms with van der Waals surface area (Å²) in [7, 11) is 1.69. The summed E-state index contributed by atoms with van der Waals surface area (Å²) in [5.74, 6) is 1.53. The van der Waals surface area contributed by atoms with Crippen LogP contribution < -0.4 is 4.74 Å². The van der Waals surface area contributed by atoms with Gasteiger partial charge in [0.15, 0.2) is 0 Å². The fourth-order valence-electron chi connectivity index (χ4n) is 1.68. The van der Waals surface area contributed by atoms with E-state index in [1.165, 1.54) is 5.56 Å². The van der Waals surface area contributed by atoms with Crippen molar-refractivity contribution in [1.29, 1.82) is 0 Å². The molecule has 0 N–H and O–H groups in total. The number of hydrogen-bond acceptors (Lipinski definition) is 1. The van der Waals surface area contributed by atoms with E-state index in [-0.39, 0.29) is 0 Å². The maximum Gasteiger partial charge on any atom is 0.120 e. The molecular weight excluding hydrogens is 356 g/mol. The van der Waals surface area contributed by atoms with Crippen molar-refractivity contribution in [2.45, 2.75) is 38.9 Å². The summed E-state index contributed by atoms with van der Waals surface area (Å²) in [6.45, 7) is 9.19. The first kappa shape index (κ1) is 16.0. The second-order valence-corrected chi connectivity index (χ2v) is 7.82. The zero-order valence-corrected chi connectivity index (χ0v) is 14.9. The molecule has 1 nitrogen and oxygen atoms in total. The Hall–Kier alpha value is -0.0200. The van der Waals surface area contributed by atoms with Crippen molar-refractivity contribution >= 4 is 31.9 Å². The molecule has 0 aliphatic heterocycles. The third-order valence-corrected chi connectivity index (χ3v) is 5.14. The second kappa shape index (κ2) is 6.42. The van der Waals surface area contributed by atoms with Gasteiger partial charge in [0.05, 0.1) is 7.11 Å². The van der Waals surface area contributed by atoms with Gasteiger partial charge in [-0.3, -0.25) is 0 Å². The zero-order chi connectivity index (χ0) is 13.9. The molecule has 0 aliphatic rings. The lowest BCUT2D eigenvalue weighted by molar-refractivity contribution is 0.246. The number of methoxy groups -OCH3 is 1. The lowest BCUT2D eigenvalue weighted by Crippen LogP contribution is -2.18. The van der Waals surface area contributed by atoms with Crippen LogP contribution in [0.4, 0.5) is 0 Å². The molecule has 0 amide bonds. The van der Waals surface area contributed by atoms with E-state index in [0.717, 1.165) is 16.6 Å². The fraction of sp³-hybridized carbons (Fsp3) is 0.600. The first-order chi connectivity index (χ1) is 8.25. The molecule has 3 heteroatoms. The maximum absolute atomic E-state index is 5.22. The van der Waals surface area contributed by atoms with Crippen molar-refractivity contribution in [1.82, 2.24) is 0 Å². The summed E-state index contributed by atoms with van der Waals surface area (Å²) in [4.78, 5) is 0.368. The van der Waals surface area contributed by atoms with E-state index in [2.05, 4.69) is 65.6 Å². The van der Waals surface area contributed by atoms with E-state index < -0.39 is 0 Å². The molecule has 0 bridgehead atoms. The lowest BCUT2D eigenvalue weighted by atomic mass is 9.79. The first-order valence-electron chi connectivity index (χ1n) is 6.23. The van der Waals surface area contributed by atoms with Crippen LogP contribution in [0, 0.1) is 11.3 Å². The van der Waals surface area contributed by atoms with E-state index in [0.29, 0.717) is 16.2 Å². The number of alkyl halides is 1. The molecular formula is C15H22Br2O. The van der Waals surface area contributed by atoms with Crippen LogP contribution in [0.5, 0.6) is 5.75 Å². The minimum atomic E-state index is 0.338. The quantitative estimate of drug-likeness (QED) is 0.587. The van der Waals surface area contributed by atoms with Gasteiger partial charge in [0, 0.05) is 9.30 Å². The van der Waals surface area contributed by atoms with Crippen molar-refractivity contribution in [2.75, 3.05) is 7.11 Å². The minimum Gasteiger partial charge on any atom is -0.497 e. The zero-order valence-electron chi connectivity index (χ0n) is 11.8. The van der Waals surface area contributed by atoms with Crippen molar-refractivity contribution in [2.24, 2.45) is 11.3 Å². The van der Waals surface area contributed by atoms with Gasteiger partial charge < -0.3 is 4.74 Å². The highest BCUT2D eigenvalue weighted by atomic mass is 79.9. The maximum atomic E-state index is 5.22. The van der Waals surface area contributed by atoms with Gasteiger partial charge in [0.25, 0.3) is 0 Å². The van der Waals surface area contributed by atoms with Gasteiger partial charge in [0.1, 0.15) is 5.75 Å². The van der Waals surface area contributed by atoms with Gasteiger partial charge in [-0.2, -0.15) is 0 Å². The minimum absolute atomic E-state index is 0.338. The Morgan fingerprint density at radius 3 is 2.33 bits per heavy atom. The normalized spacial score (nSPS) is 15.3. The number of ether oxygens (including phenoxy) is 1. The van der Waals surface area contributed by atoms with E-state index in [9.17, 15) is 0 Å². The van der Waals surface area contributed by atoms with E-state index in [1.54, 1.807) is 7.11 Å². The Morgan fingerprint density at radius 1 is 1.28 bits per heavy atom. The van der Waals surface area contributed by atoms with Gasteiger partial charge in [-0.15, -0.1) is 0 Å². The van der Waals surface area contributed by atoms with Gasteiger partial charge >= 0.3 is 0 Å². The summed E-state index contributed by atoms with van der Waals surface area (Å²) >= 11 is 7.42. The summed E-state index contributed by atoms with van der Waals surface area (Å²) in [5, 5.41) is 0. The standard InChI is InChI=1S/C15H22Br2O/c1-10(15(2,3)4)8-13(16)12-7-6-11(18-5)9-14(12)17/h6-7,9-10,13H,8H2,1-5H3. The smallest absolute Gasteiger partial charge is 0.120 e. The summed E-state index contributed by atoms with van der Waals surface area (Å²) in [6, 6.07) is 6.15. The number of hydrogen-bond donors (Lipinski definition) is 0. The number of rotatable bonds is 4. The van der Waals surface area contributed by atoms with Crippen LogP contribution in [-0.2, 0) is 0 Å². The average molecular weight is 378 g/mol. The van der Waals surface area contributed by atoms with Crippen LogP contribution in [0.2, 0.25) is 0 Å². The van der Waals surface area contributed by atoms with E-state index >= 15 is 0 Å². The van der Waals surface area contributed by atoms with Gasteiger partial charge in [-0.25, -0.2) is 0 Å². The number of halogens is 2. The Morgan fingerprint density at radius 2 is 1.89 bits per heavy atom. The van der Waals surface area contributed by atoms with Crippen LogP contribution in [-0.4, -0.2) is 7.11 Å². The lowest BCUT2D eigenvalue weighted by Gasteiger charge is -2.29. The molecule has 1 aromatic carbocycles. The van der Waals surface area contributed by atoms with Crippen molar-refractivity contribution in [3.05, 3.63) is 28.2 Å². The summed E-state index contributed by atoms with van der Waals surface area (Å²) in [5.41, 5.74) is 1.62. The predicted octanol–water partition coefficient (Wildman–Crippen LogP) is 5.97. The summed E-state index contributed by atoms with van der Waals surface area (Å²) < 4.78 is 6.32. The molecule has 1 aromatic rings. The third-order valence-electron chi connectivity index (χ3n) is 3.58. The highest BCUT2D eigenvalue weighted by Gasteiger charge is 2.24. The molecule has 1 rings (SSSR count). The molecule has 0 spiro atoms. The second-order valence-electron chi connectivity index (χ2n) is 5.86. The molecule has 102 valence electrons. The fourth-order valence-corrected chi connectivity index (χ4v) is 3.58. The SMILES string of the molecule is COc1ccc(C(Br)CC(C)C(C)(C)C)c(Br)c1. The van der Waals surface area contributed by atoms with Crippen LogP contribution in [0.25, 0.3) is 0 Å². The Labute approximate surface area is 128 Å². The molecule has 0 aromatic heterocycles. The van der Waals surface area contributed by atoms with Crippen LogP contribution >= 0.6 is 31.9 Å². The highest BCUT2D eigenvalue weighted by molar-refractivity contribution is 9.11. The van der Waals surface area contributed by atoms with Crippen molar-refractivity contribution in [3.63, 3.8) is 0 Å². The van der Waals surface area contributed by atoms with Crippen LogP contribution in [0.1, 0.15) is 44.5 Å². The average Bonchev–Trinajstić information content (AvgIpc) is 2.27. The van der Waals surface area contributed by atoms with Gasteiger partial charge in [-0.05, 0) is 35.4 Å². The molecule has 0 radical (unpaired) electrons. The van der Waals surface area contributed by atoms with E-state index in [4.69, 9.17) is 4.74 Å². The first-order valence-corrected chi connectivity index (χ1v) is 7.94. The van der Waals surface area contributed by atoms with Crippen LogP contribution in [0.15, 0.2) is 22.7 Å². The van der Waals surface area contributed by atoms with Gasteiger partial charge in [-0.1, -0.05) is 65.6 Å². The number of benzene rings is 1. The molecule has 0 heterocycles. The molecule has 0 saturated carbocycles. The Kier molecular flexibility index (Phi) is 5.72. The monoisotopic (exact) mass is 376 g/mol.